The van der Waals surface area contributed by atoms with E-state index < -0.39 is 0 Å². The first-order valence-electron chi connectivity index (χ1n) is 8.90. The van der Waals surface area contributed by atoms with E-state index in [-0.39, 0.29) is 17.7 Å². The maximum atomic E-state index is 12.5. The van der Waals surface area contributed by atoms with Gasteiger partial charge in [0.25, 0.3) is 0 Å². The van der Waals surface area contributed by atoms with E-state index in [1.807, 2.05) is 39.0 Å². The molecule has 7 heteroatoms. The second-order valence-electron chi connectivity index (χ2n) is 7.41. The average Bonchev–Trinajstić information content (AvgIpc) is 3.08. The SMILES string of the molecule is C=CCN(CC1CC(c2ccc(OC)c(OC)c2)=NO1)C(=O)NC(C)(C)C. The fourth-order valence-corrected chi connectivity index (χ4v) is 2.75. The Morgan fingerprint density at radius 1 is 1.37 bits per heavy atom. The molecular formula is C20H29N3O4. The summed E-state index contributed by atoms with van der Waals surface area (Å²) in [5, 5.41) is 7.17. The number of ether oxygens (including phenoxy) is 2. The molecule has 1 atom stereocenters. The van der Waals surface area contributed by atoms with Crippen LogP contribution in [-0.2, 0) is 4.84 Å². The van der Waals surface area contributed by atoms with Crippen molar-refractivity contribution in [2.75, 3.05) is 27.3 Å². The van der Waals surface area contributed by atoms with Crippen LogP contribution in [0.3, 0.4) is 0 Å². The first-order chi connectivity index (χ1) is 12.8. The largest absolute Gasteiger partial charge is 0.493 e. The highest BCUT2D eigenvalue weighted by atomic mass is 16.6. The van der Waals surface area contributed by atoms with Crippen molar-refractivity contribution in [1.82, 2.24) is 10.2 Å². The van der Waals surface area contributed by atoms with Gasteiger partial charge in [-0.1, -0.05) is 11.2 Å². The van der Waals surface area contributed by atoms with E-state index in [0.29, 0.717) is 31.0 Å². The quantitative estimate of drug-likeness (QED) is 0.743. The summed E-state index contributed by atoms with van der Waals surface area (Å²) in [6, 6.07) is 5.48. The maximum absolute atomic E-state index is 12.5. The number of nitrogens with zero attached hydrogens (tertiary/aromatic N) is 2. The Hall–Kier alpha value is -2.70. The molecule has 0 aliphatic carbocycles. The van der Waals surface area contributed by atoms with Crippen molar-refractivity contribution in [3.63, 3.8) is 0 Å². The van der Waals surface area contributed by atoms with Gasteiger partial charge < -0.3 is 24.5 Å². The van der Waals surface area contributed by atoms with Crippen LogP contribution in [0.2, 0.25) is 0 Å². The Bertz CT molecular complexity index is 710. The minimum Gasteiger partial charge on any atom is -0.493 e. The third-order valence-electron chi connectivity index (χ3n) is 3.99. The van der Waals surface area contributed by atoms with Crippen molar-refractivity contribution in [1.29, 1.82) is 0 Å². The molecule has 1 aliphatic rings. The van der Waals surface area contributed by atoms with Crippen molar-refractivity contribution in [2.24, 2.45) is 5.16 Å². The molecule has 0 saturated carbocycles. The minimum atomic E-state index is -0.311. The molecular weight excluding hydrogens is 346 g/mol. The number of nitrogens with one attached hydrogen (secondary N) is 1. The van der Waals surface area contributed by atoms with Gasteiger partial charge >= 0.3 is 6.03 Å². The van der Waals surface area contributed by atoms with Crippen molar-refractivity contribution in [3.8, 4) is 11.5 Å². The minimum absolute atomic E-state index is 0.148. The van der Waals surface area contributed by atoms with Gasteiger partial charge in [0, 0.05) is 24.1 Å². The standard InChI is InChI=1S/C20H29N3O4/c1-7-10-23(19(24)21-20(2,3)4)13-15-12-16(22-27-15)14-8-9-17(25-5)18(11-14)26-6/h7-9,11,15H,1,10,12-13H2,2-6H3,(H,21,24). The van der Waals surface area contributed by atoms with E-state index in [4.69, 9.17) is 14.3 Å². The van der Waals surface area contributed by atoms with E-state index in [0.717, 1.165) is 11.3 Å². The van der Waals surface area contributed by atoms with Gasteiger partial charge in [-0.3, -0.25) is 0 Å². The van der Waals surface area contributed by atoms with Crippen LogP contribution in [0.1, 0.15) is 32.8 Å². The number of hydrogen-bond donors (Lipinski definition) is 1. The van der Waals surface area contributed by atoms with Crippen molar-refractivity contribution in [3.05, 3.63) is 36.4 Å². The van der Waals surface area contributed by atoms with Crippen LogP contribution in [0.15, 0.2) is 36.0 Å². The summed E-state index contributed by atoms with van der Waals surface area (Å²) in [7, 11) is 3.19. The lowest BCUT2D eigenvalue weighted by molar-refractivity contribution is 0.0621. The van der Waals surface area contributed by atoms with Gasteiger partial charge in [0.05, 0.1) is 26.5 Å². The lowest BCUT2D eigenvalue weighted by Crippen LogP contribution is -2.50. The van der Waals surface area contributed by atoms with E-state index in [9.17, 15) is 4.79 Å². The zero-order valence-electron chi connectivity index (χ0n) is 16.7. The van der Waals surface area contributed by atoms with E-state index >= 15 is 0 Å². The molecule has 2 rings (SSSR count). The molecule has 7 nitrogen and oxygen atoms in total. The summed E-state index contributed by atoms with van der Waals surface area (Å²) >= 11 is 0. The third kappa shape index (κ3) is 5.64. The molecule has 148 valence electrons. The first-order valence-corrected chi connectivity index (χ1v) is 8.90. The van der Waals surface area contributed by atoms with E-state index in [2.05, 4.69) is 17.1 Å². The van der Waals surface area contributed by atoms with Crippen LogP contribution in [0.25, 0.3) is 0 Å². The highest BCUT2D eigenvalue weighted by Gasteiger charge is 2.28. The summed E-state index contributed by atoms with van der Waals surface area (Å²) in [6.07, 6.45) is 2.10. The molecule has 1 N–H and O–H groups in total. The molecule has 0 spiro atoms. The van der Waals surface area contributed by atoms with Crippen LogP contribution >= 0.6 is 0 Å². The summed E-state index contributed by atoms with van der Waals surface area (Å²) in [5.41, 5.74) is 1.41. The number of carbonyl (C=O) groups is 1. The second kappa shape index (κ2) is 8.79. The highest BCUT2D eigenvalue weighted by molar-refractivity contribution is 6.01. The average molecular weight is 375 g/mol. The Balaban J connectivity index is 2.03. The summed E-state index contributed by atoms with van der Waals surface area (Å²) in [5.74, 6) is 1.30. The van der Waals surface area contributed by atoms with Crippen LogP contribution in [0, 0.1) is 0 Å². The molecule has 27 heavy (non-hydrogen) atoms. The number of hydrogen-bond acceptors (Lipinski definition) is 5. The number of oxime groups is 1. The second-order valence-corrected chi connectivity index (χ2v) is 7.41. The Morgan fingerprint density at radius 3 is 2.67 bits per heavy atom. The van der Waals surface area contributed by atoms with Crippen molar-refractivity contribution in [2.45, 2.75) is 38.8 Å². The van der Waals surface area contributed by atoms with Gasteiger partial charge in [-0.25, -0.2) is 4.79 Å². The monoisotopic (exact) mass is 375 g/mol. The third-order valence-corrected chi connectivity index (χ3v) is 3.99. The topological polar surface area (TPSA) is 72.4 Å². The van der Waals surface area contributed by atoms with Crippen LogP contribution < -0.4 is 14.8 Å². The summed E-state index contributed by atoms with van der Waals surface area (Å²) in [4.78, 5) is 19.7. The lowest BCUT2D eigenvalue weighted by Gasteiger charge is -2.28. The zero-order chi connectivity index (χ0) is 20.0. The number of benzene rings is 1. The molecule has 1 aromatic rings. The van der Waals surface area contributed by atoms with Gasteiger partial charge in [-0.2, -0.15) is 0 Å². The smallest absolute Gasteiger partial charge is 0.318 e. The normalized spacial score (nSPS) is 16.2. The van der Waals surface area contributed by atoms with Gasteiger partial charge in [0.2, 0.25) is 0 Å². The highest BCUT2D eigenvalue weighted by Crippen LogP contribution is 2.29. The molecule has 1 unspecified atom stereocenters. The predicted molar refractivity (Wildman–Crippen MR) is 106 cm³/mol. The van der Waals surface area contributed by atoms with E-state index in [1.165, 1.54) is 0 Å². The molecule has 0 radical (unpaired) electrons. The van der Waals surface area contributed by atoms with Crippen molar-refractivity contribution >= 4 is 11.7 Å². The van der Waals surface area contributed by atoms with Gasteiger partial charge in [0.15, 0.2) is 17.6 Å². The maximum Gasteiger partial charge on any atom is 0.318 e. The summed E-state index contributed by atoms with van der Waals surface area (Å²) in [6.45, 7) is 10.4. The predicted octanol–water partition coefficient (Wildman–Crippen LogP) is 3.19. The fourth-order valence-electron chi connectivity index (χ4n) is 2.75. The number of rotatable bonds is 7. The molecule has 0 saturated heterocycles. The molecule has 0 bridgehead atoms. The Kier molecular flexibility index (Phi) is 6.71. The fraction of sp³-hybridized carbons (Fsp3) is 0.500. The zero-order valence-corrected chi connectivity index (χ0v) is 16.7. The molecule has 1 aromatic carbocycles. The molecule has 2 amide bonds. The molecule has 1 aliphatic heterocycles. The van der Waals surface area contributed by atoms with Crippen molar-refractivity contribution < 1.29 is 19.1 Å². The lowest BCUT2D eigenvalue weighted by atomic mass is 10.0. The molecule has 1 heterocycles. The van der Waals surface area contributed by atoms with Crippen LogP contribution in [0.5, 0.6) is 11.5 Å². The van der Waals surface area contributed by atoms with Crippen LogP contribution in [-0.4, -0.2) is 55.6 Å². The first kappa shape index (κ1) is 20.6. The summed E-state index contributed by atoms with van der Waals surface area (Å²) < 4.78 is 10.6. The van der Waals surface area contributed by atoms with E-state index in [1.54, 1.807) is 25.2 Å². The van der Waals surface area contributed by atoms with Gasteiger partial charge in [-0.15, -0.1) is 6.58 Å². The number of amides is 2. The van der Waals surface area contributed by atoms with Crippen LogP contribution in [0.4, 0.5) is 4.79 Å². The molecule has 0 fully saturated rings. The number of carbonyl (C=O) groups excluding carboxylic acids is 1. The Morgan fingerprint density at radius 2 is 2.07 bits per heavy atom. The molecule has 0 aromatic heterocycles. The number of urea groups is 1. The van der Waals surface area contributed by atoms with Gasteiger partial charge in [0.1, 0.15) is 0 Å². The number of methoxy groups -OCH3 is 2. The van der Waals surface area contributed by atoms with Gasteiger partial charge in [-0.05, 0) is 39.0 Å². The Labute approximate surface area is 161 Å².